The average Bonchev–Trinajstić information content (AvgIpc) is 2.17. The first-order valence-corrected chi connectivity index (χ1v) is 4.86. The van der Waals surface area contributed by atoms with Crippen molar-refractivity contribution < 1.29 is 9.90 Å². The second kappa shape index (κ2) is 3.50. The van der Waals surface area contributed by atoms with E-state index in [1.54, 1.807) is 6.07 Å². The number of rotatable bonds is 1. The average molecular weight is 212 g/mol. The summed E-state index contributed by atoms with van der Waals surface area (Å²) >= 11 is 5.84. The van der Waals surface area contributed by atoms with Crippen LogP contribution in [0.1, 0.15) is 22.3 Å². The number of halogens is 1. The summed E-state index contributed by atoms with van der Waals surface area (Å²) in [5.74, 6) is -0.971. The van der Waals surface area contributed by atoms with Crippen LogP contribution in [-0.4, -0.2) is 17.6 Å². The number of fused-ring (bicyclic) bond motifs is 1. The van der Waals surface area contributed by atoms with Crippen molar-refractivity contribution in [3.05, 3.63) is 28.3 Å². The third-order valence-electron chi connectivity index (χ3n) is 2.38. The zero-order valence-corrected chi connectivity index (χ0v) is 8.27. The van der Waals surface area contributed by atoms with E-state index >= 15 is 0 Å². The number of hydrogen-bond acceptors (Lipinski definition) is 2. The van der Waals surface area contributed by atoms with E-state index in [0.717, 1.165) is 24.9 Å². The minimum atomic E-state index is -0.971. The van der Waals surface area contributed by atoms with Crippen LogP contribution in [0.5, 0.6) is 0 Å². The zero-order chi connectivity index (χ0) is 10.1. The van der Waals surface area contributed by atoms with Crippen molar-refractivity contribution >= 4 is 23.3 Å². The Morgan fingerprint density at radius 3 is 3.00 bits per heavy atom. The van der Waals surface area contributed by atoms with Gasteiger partial charge in [0, 0.05) is 6.54 Å². The maximum atomic E-state index is 11.0. The number of carboxylic acids is 1. The van der Waals surface area contributed by atoms with Crippen LogP contribution < -0.4 is 5.32 Å². The van der Waals surface area contributed by atoms with Crippen molar-refractivity contribution in [3.63, 3.8) is 0 Å². The molecule has 14 heavy (non-hydrogen) atoms. The molecule has 0 bridgehead atoms. The van der Waals surface area contributed by atoms with Gasteiger partial charge in [0.1, 0.15) is 5.56 Å². The lowest BCUT2D eigenvalue weighted by Gasteiger charge is -2.20. The highest BCUT2D eigenvalue weighted by molar-refractivity contribution is 6.34. The van der Waals surface area contributed by atoms with Gasteiger partial charge in [0.25, 0.3) is 0 Å². The number of aryl methyl sites for hydroxylation is 1. The van der Waals surface area contributed by atoms with E-state index in [1.165, 1.54) is 0 Å². The quantitative estimate of drug-likeness (QED) is 0.750. The smallest absolute Gasteiger partial charge is 0.339 e. The summed E-state index contributed by atoms with van der Waals surface area (Å²) in [6.07, 6.45) is 1.95. The minimum absolute atomic E-state index is 0.198. The van der Waals surface area contributed by atoms with Gasteiger partial charge in [-0.1, -0.05) is 17.7 Å². The summed E-state index contributed by atoms with van der Waals surface area (Å²) in [6, 6.07) is 3.53. The molecule has 4 heteroatoms. The highest BCUT2D eigenvalue weighted by atomic mass is 35.5. The van der Waals surface area contributed by atoms with Gasteiger partial charge < -0.3 is 10.4 Å². The predicted octanol–water partition coefficient (Wildman–Crippen LogP) is 2.40. The van der Waals surface area contributed by atoms with Gasteiger partial charge in [-0.25, -0.2) is 4.79 Å². The molecule has 74 valence electrons. The Morgan fingerprint density at radius 2 is 2.29 bits per heavy atom. The summed E-state index contributed by atoms with van der Waals surface area (Å²) in [4.78, 5) is 11.0. The molecule has 0 atom stereocenters. The van der Waals surface area contributed by atoms with Crippen LogP contribution in [0.15, 0.2) is 12.1 Å². The van der Waals surface area contributed by atoms with Crippen molar-refractivity contribution in [2.45, 2.75) is 12.8 Å². The standard InChI is InChI=1S/C10H10ClNO2/c11-7-4-3-6-2-1-5-12-9(6)8(7)10(13)14/h3-4,12H,1-2,5H2,(H,13,14). The monoisotopic (exact) mass is 211 g/mol. The van der Waals surface area contributed by atoms with E-state index in [9.17, 15) is 4.79 Å². The highest BCUT2D eigenvalue weighted by Gasteiger charge is 2.19. The molecule has 0 unspecified atom stereocenters. The van der Waals surface area contributed by atoms with E-state index in [-0.39, 0.29) is 5.56 Å². The largest absolute Gasteiger partial charge is 0.478 e. The molecule has 0 spiro atoms. The Kier molecular flexibility index (Phi) is 2.33. The van der Waals surface area contributed by atoms with Gasteiger partial charge in [-0.05, 0) is 24.5 Å². The first kappa shape index (κ1) is 9.34. The van der Waals surface area contributed by atoms with Crippen LogP contribution in [0, 0.1) is 0 Å². The van der Waals surface area contributed by atoms with Gasteiger partial charge in [0.15, 0.2) is 0 Å². The fraction of sp³-hybridized carbons (Fsp3) is 0.300. The molecular weight excluding hydrogens is 202 g/mol. The molecule has 3 nitrogen and oxygen atoms in total. The van der Waals surface area contributed by atoms with Gasteiger partial charge in [0.05, 0.1) is 10.7 Å². The third kappa shape index (κ3) is 1.44. The molecule has 0 fully saturated rings. The van der Waals surface area contributed by atoms with Crippen molar-refractivity contribution in [1.82, 2.24) is 0 Å². The van der Waals surface area contributed by atoms with Crippen molar-refractivity contribution in [3.8, 4) is 0 Å². The molecule has 1 aliphatic heterocycles. The van der Waals surface area contributed by atoms with E-state index in [2.05, 4.69) is 5.32 Å². The Balaban J connectivity index is 2.60. The minimum Gasteiger partial charge on any atom is -0.478 e. The van der Waals surface area contributed by atoms with Gasteiger partial charge in [-0.15, -0.1) is 0 Å². The molecule has 0 radical (unpaired) electrons. The molecule has 0 amide bonds. The normalized spacial score (nSPS) is 14.4. The summed E-state index contributed by atoms with van der Waals surface area (Å²) in [7, 11) is 0. The van der Waals surface area contributed by atoms with E-state index in [0.29, 0.717) is 10.7 Å². The maximum absolute atomic E-state index is 11.0. The Morgan fingerprint density at radius 1 is 1.50 bits per heavy atom. The number of aromatic carboxylic acids is 1. The zero-order valence-electron chi connectivity index (χ0n) is 7.51. The molecule has 0 aromatic heterocycles. The Labute approximate surface area is 86.7 Å². The van der Waals surface area contributed by atoms with Crippen molar-refractivity contribution in [2.24, 2.45) is 0 Å². The summed E-state index contributed by atoms with van der Waals surface area (Å²) in [5, 5.41) is 12.4. The number of anilines is 1. The van der Waals surface area contributed by atoms with Gasteiger partial charge in [0.2, 0.25) is 0 Å². The van der Waals surface area contributed by atoms with Crippen LogP contribution in [0.25, 0.3) is 0 Å². The molecule has 2 rings (SSSR count). The summed E-state index contributed by atoms with van der Waals surface area (Å²) in [6.45, 7) is 0.813. The van der Waals surface area contributed by atoms with E-state index < -0.39 is 5.97 Å². The van der Waals surface area contributed by atoms with Gasteiger partial charge in [-0.2, -0.15) is 0 Å². The second-order valence-corrected chi connectivity index (χ2v) is 3.70. The van der Waals surface area contributed by atoms with Crippen LogP contribution in [0.3, 0.4) is 0 Å². The predicted molar refractivity (Wildman–Crippen MR) is 55.2 cm³/mol. The molecule has 1 aromatic rings. The van der Waals surface area contributed by atoms with Crippen LogP contribution in [0.2, 0.25) is 5.02 Å². The molecule has 1 aromatic carbocycles. The Hall–Kier alpha value is -1.22. The first-order chi connectivity index (χ1) is 6.70. The molecule has 2 N–H and O–H groups in total. The number of hydrogen-bond donors (Lipinski definition) is 2. The van der Waals surface area contributed by atoms with Crippen molar-refractivity contribution in [1.29, 1.82) is 0 Å². The fourth-order valence-corrected chi connectivity index (χ4v) is 1.97. The lowest BCUT2D eigenvalue weighted by atomic mass is 9.99. The lowest BCUT2D eigenvalue weighted by molar-refractivity contribution is 0.0698. The molecular formula is C10H10ClNO2. The molecule has 1 heterocycles. The van der Waals surface area contributed by atoms with E-state index in [1.807, 2.05) is 6.07 Å². The number of carboxylic acid groups (broad SMARTS) is 1. The number of nitrogens with one attached hydrogen (secondary N) is 1. The van der Waals surface area contributed by atoms with Crippen LogP contribution >= 0.6 is 11.6 Å². The molecule has 0 saturated heterocycles. The van der Waals surface area contributed by atoms with Crippen LogP contribution in [0.4, 0.5) is 5.69 Å². The molecule has 0 saturated carbocycles. The first-order valence-electron chi connectivity index (χ1n) is 4.48. The SMILES string of the molecule is O=C(O)c1c(Cl)ccc2c1NCCC2. The van der Waals surface area contributed by atoms with Crippen LogP contribution in [-0.2, 0) is 6.42 Å². The molecule has 1 aliphatic rings. The van der Waals surface area contributed by atoms with Crippen molar-refractivity contribution in [2.75, 3.05) is 11.9 Å². The Bertz CT molecular complexity index is 390. The van der Waals surface area contributed by atoms with Gasteiger partial charge in [-0.3, -0.25) is 0 Å². The molecule has 0 aliphatic carbocycles. The second-order valence-electron chi connectivity index (χ2n) is 3.29. The topological polar surface area (TPSA) is 49.3 Å². The fourth-order valence-electron chi connectivity index (χ4n) is 1.73. The summed E-state index contributed by atoms with van der Waals surface area (Å²) in [5.41, 5.74) is 1.93. The summed E-state index contributed by atoms with van der Waals surface area (Å²) < 4.78 is 0. The number of benzene rings is 1. The highest BCUT2D eigenvalue weighted by Crippen LogP contribution is 2.31. The maximum Gasteiger partial charge on any atom is 0.339 e. The van der Waals surface area contributed by atoms with Gasteiger partial charge >= 0.3 is 5.97 Å². The third-order valence-corrected chi connectivity index (χ3v) is 2.69. The van der Waals surface area contributed by atoms with E-state index in [4.69, 9.17) is 16.7 Å². The lowest BCUT2D eigenvalue weighted by Crippen LogP contribution is -2.16. The number of carbonyl (C=O) groups is 1.